The lowest BCUT2D eigenvalue weighted by Crippen LogP contribution is -2.24. The van der Waals surface area contributed by atoms with E-state index in [0.29, 0.717) is 5.56 Å². The molecule has 0 spiro atoms. The highest BCUT2D eigenvalue weighted by atomic mass is 19.1. The van der Waals surface area contributed by atoms with Crippen LogP contribution >= 0.6 is 0 Å². The highest BCUT2D eigenvalue weighted by Gasteiger charge is 2.16. The fraction of sp³-hybridized carbons (Fsp3) is 0.318. The maximum Gasteiger partial charge on any atom is 0.310 e. The van der Waals surface area contributed by atoms with Gasteiger partial charge in [-0.25, -0.2) is 4.39 Å². The first-order valence-electron chi connectivity index (χ1n) is 8.53. The molecule has 0 radical (unpaired) electrons. The second kappa shape index (κ2) is 8.17. The average Bonchev–Trinajstić information content (AvgIpc) is 2.55. The summed E-state index contributed by atoms with van der Waals surface area (Å²) in [6.07, 6.45) is 1.80. The summed E-state index contributed by atoms with van der Waals surface area (Å²) in [5, 5.41) is 0. The van der Waals surface area contributed by atoms with Crippen LogP contribution < -0.4 is 4.74 Å². The first kappa shape index (κ1) is 19.7. The molecule has 0 atom stereocenters. The average molecular weight is 356 g/mol. The molecule has 4 heteroatoms. The van der Waals surface area contributed by atoms with Crippen LogP contribution in [0.1, 0.15) is 43.0 Å². The van der Waals surface area contributed by atoms with Gasteiger partial charge in [0.2, 0.25) is 0 Å². The molecule has 0 saturated carbocycles. The molecule has 2 aromatic carbocycles. The van der Waals surface area contributed by atoms with Gasteiger partial charge in [-0.05, 0) is 56.0 Å². The van der Waals surface area contributed by atoms with Crippen molar-refractivity contribution in [1.82, 2.24) is 0 Å². The fourth-order valence-corrected chi connectivity index (χ4v) is 2.54. The molecule has 0 unspecified atom stereocenters. The molecule has 2 aromatic rings. The van der Waals surface area contributed by atoms with Crippen molar-refractivity contribution >= 4 is 12.0 Å². The van der Waals surface area contributed by atoms with Gasteiger partial charge in [0.25, 0.3) is 0 Å². The van der Waals surface area contributed by atoms with E-state index in [1.165, 1.54) is 0 Å². The lowest BCUT2D eigenvalue weighted by Gasteiger charge is -2.19. The number of carbonyl (C=O) groups is 1. The SMILES string of the molecule is C=Cc1ccc(OCc2cccc(CC(=O)OC(C)(C)C)c2)c(F)c1C. The van der Waals surface area contributed by atoms with E-state index in [2.05, 4.69) is 6.58 Å². The molecule has 26 heavy (non-hydrogen) atoms. The quantitative estimate of drug-likeness (QED) is 0.664. The van der Waals surface area contributed by atoms with Gasteiger partial charge in [0.1, 0.15) is 12.2 Å². The van der Waals surface area contributed by atoms with Crippen molar-refractivity contribution in [3.05, 3.63) is 71.0 Å². The van der Waals surface area contributed by atoms with Crippen molar-refractivity contribution in [2.45, 2.75) is 46.3 Å². The molecule has 0 aromatic heterocycles. The zero-order chi connectivity index (χ0) is 19.3. The van der Waals surface area contributed by atoms with Crippen molar-refractivity contribution in [2.75, 3.05) is 0 Å². The number of hydrogen-bond donors (Lipinski definition) is 0. The van der Waals surface area contributed by atoms with Gasteiger partial charge in [-0.2, -0.15) is 0 Å². The molecule has 0 aliphatic rings. The maximum atomic E-state index is 14.3. The minimum Gasteiger partial charge on any atom is -0.486 e. The van der Waals surface area contributed by atoms with Crippen LogP contribution in [-0.2, 0) is 22.6 Å². The molecular weight excluding hydrogens is 331 g/mol. The summed E-state index contributed by atoms with van der Waals surface area (Å²) in [7, 11) is 0. The minimum atomic E-state index is -0.509. The molecule has 0 amide bonds. The number of ether oxygens (including phenoxy) is 2. The van der Waals surface area contributed by atoms with Crippen LogP contribution in [0.2, 0.25) is 0 Å². The maximum absolute atomic E-state index is 14.3. The number of rotatable bonds is 6. The van der Waals surface area contributed by atoms with Crippen LogP contribution in [0.3, 0.4) is 0 Å². The van der Waals surface area contributed by atoms with Crippen molar-refractivity contribution in [3.8, 4) is 5.75 Å². The number of carbonyl (C=O) groups excluding carboxylic acids is 1. The Bertz CT molecular complexity index is 804. The fourth-order valence-electron chi connectivity index (χ4n) is 2.54. The van der Waals surface area contributed by atoms with Gasteiger partial charge >= 0.3 is 5.97 Å². The zero-order valence-electron chi connectivity index (χ0n) is 15.8. The van der Waals surface area contributed by atoms with Crippen LogP contribution in [0.15, 0.2) is 43.0 Å². The Hall–Kier alpha value is -2.62. The summed E-state index contributed by atoms with van der Waals surface area (Å²) < 4.78 is 25.3. The van der Waals surface area contributed by atoms with E-state index in [4.69, 9.17) is 9.47 Å². The zero-order valence-corrected chi connectivity index (χ0v) is 15.8. The third kappa shape index (κ3) is 5.45. The van der Waals surface area contributed by atoms with E-state index in [0.717, 1.165) is 16.7 Å². The summed E-state index contributed by atoms with van der Waals surface area (Å²) in [5.41, 5.74) is 2.44. The van der Waals surface area contributed by atoms with Crippen LogP contribution in [0.5, 0.6) is 5.75 Å². The molecule has 0 heterocycles. The highest BCUT2D eigenvalue weighted by molar-refractivity contribution is 5.73. The normalized spacial score (nSPS) is 11.1. The van der Waals surface area contributed by atoms with Crippen molar-refractivity contribution in [3.63, 3.8) is 0 Å². The van der Waals surface area contributed by atoms with Crippen LogP contribution in [0.25, 0.3) is 6.08 Å². The summed E-state index contributed by atoms with van der Waals surface area (Å²) in [6, 6.07) is 10.8. The van der Waals surface area contributed by atoms with Crippen molar-refractivity contribution in [2.24, 2.45) is 0 Å². The Morgan fingerprint density at radius 2 is 1.88 bits per heavy atom. The van der Waals surface area contributed by atoms with Crippen LogP contribution in [0, 0.1) is 12.7 Å². The monoisotopic (exact) mass is 356 g/mol. The molecule has 0 aliphatic carbocycles. The van der Waals surface area contributed by atoms with Gasteiger partial charge in [-0.3, -0.25) is 4.79 Å². The first-order chi connectivity index (χ1) is 12.2. The van der Waals surface area contributed by atoms with E-state index in [1.807, 2.05) is 45.0 Å². The molecule has 0 N–H and O–H groups in total. The summed E-state index contributed by atoms with van der Waals surface area (Å²) >= 11 is 0. The summed E-state index contributed by atoms with van der Waals surface area (Å²) in [5.74, 6) is -0.463. The second-order valence-electron chi connectivity index (χ2n) is 7.17. The smallest absolute Gasteiger partial charge is 0.310 e. The lowest BCUT2D eigenvalue weighted by atomic mass is 10.1. The Balaban J connectivity index is 2.04. The molecule has 2 rings (SSSR count). The Kier molecular flexibility index (Phi) is 6.19. The molecule has 0 saturated heterocycles. The molecule has 3 nitrogen and oxygen atoms in total. The van der Waals surface area contributed by atoms with Gasteiger partial charge in [0.05, 0.1) is 6.42 Å². The van der Waals surface area contributed by atoms with E-state index in [-0.39, 0.29) is 30.6 Å². The third-order valence-electron chi connectivity index (χ3n) is 3.77. The van der Waals surface area contributed by atoms with E-state index in [1.54, 1.807) is 25.1 Å². The molecular formula is C22H25FO3. The van der Waals surface area contributed by atoms with Crippen molar-refractivity contribution in [1.29, 1.82) is 0 Å². The van der Waals surface area contributed by atoms with E-state index in [9.17, 15) is 9.18 Å². The molecule has 0 fully saturated rings. The van der Waals surface area contributed by atoms with Gasteiger partial charge < -0.3 is 9.47 Å². The van der Waals surface area contributed by atoms with Crippen LogP contribution in [0.4, 0.5) is 4.39 Å². The summed E-state index contributed by atoms with van der Waals surface area (Å²) in [4.78, 5) is 12.0. The first-order valence-corrected chi connectivity index (χ1v) is 8.53. The standard InChI is InChI=1S/C22H25FO3/c1-6-18-10-11-19(21(23)15(18)2)25-14-17-9-7-8-16(12-17)13-20(24)26-22(3,4)5/h6-12H,1,13-14H2,2-5H3. The predicted molar refractivity (Wildman–Crippen MR) is 102 cm³/mol. The van der Waals surface area contributed by atoms with E-state index < -0.39 is 5.60 Å². The third-order valence-corrected chi connectivity index (χ3v) is 3.77. The highest BCUT2D eigenvalue weighted by Crippen LogP contribution is 2.25. The second-order valence-corrected chi connectivity index (χ2v) is 7.17. The van der Waals surface area contributed by atoms with Gasteiger partial charge in [-0.15, -0.1) is 0 Å². The molecule has 0 bridgehead atoms. The Labute approximate surface area is 154 Å². The van der Waals surface area contributed by atoms with Gasteiger partial charge in [-0.1, -0.05) is 43.0 Å². The van der Waals surface area contributed by atoms with Crippen molar-refractivity contribution < 1.29 is 18.7 Å². The Morgan fingerprint density at radius 3 is 2.54 bits per heavy atom. The minimum absolute atomic E-state index is 0.187. The summed E-state index contributed by atoms with van der Waals surface area (Å²) in [6.45, 7) is 11.1. The number of halogens is 1. The largest absolute Gasteiger partial charge is 0.486 e. The van der Waals surface area contributed by atoms with Gasteiger partial charge in [0, 0.05) is 0 Å². The topological polar surface area (TPSA) is 35.5 Å². The molecule has 0 aliphatic heterocycles. The van der Waals surface area contributed by atoms with E-state index >= 15 is 0 Å². The number of benzene rings is 2. The lowest BCUT2D eigenvalue weighted by molar-refractivity contribution is -0.153. The predicted octanol–water partition coefficient (Wildman–Crippen LogP) is 5.24. The van der Waals surface area contributed by atoms with Gasteiger partial charge in [0.15, 0.2) is 11.6 Å². The number of esters is 1. The number of hydrogen-bond acceptors (Lipinski definition) is 3. The van der Waals surface area contributed by atoms with Crippen LogP contribution in [-0.4, -0.2) is 11.6 Å². The Morgan fingerprint density at radius 1 is 1.19 bits per heavy atom. The molecule has 138 valence electrons.